The summed E-state index contributed by atoms with van der Waals surface area (Å²) in [7, 11) is 1.63. The highest BCUT2D eigenvalue weighted by atomic mass is 16.5. The van der Waals surface area contributed by atoms with Crippen LogP contribution in [0.5, 0.6) is 0 Å². The van der Waals surface area contributed by atoms with Gasteiger partial charge in [0.25, 0.3) is 0 Å². The summed E-state index contributed by atoms with van der Waals surface area (Å²) in [4.78, 5) is 4.17. The fourth-order valence-electron chi connectivity index (χ4n) is 0.909. The second-order valence-electron chi connectivity index (χ2n) is 5.04. The minimum atomic E-state index is -0.901. The van der Waals surface area contributed by atoms with Gasteiger partial charge < -0.3 is 9.76 Å². The molecular weight excluding hydrogens is 201 g/mol. The van der Waals surface area contributed by atoms with Crippen LogP contribution in [-0.4, -0.2) is 28.8 Å². The van der Waals surface area contributed by atoms with E-state index in [-0.39, 0.29) is 0 Å². The molecule has 0 spiro atoms. The first-order chi connectivity index (χ1) is 7.22. The quantitative estimate of drug-likeness (QED) is 0.775. The summed E-state index contributed by atoms with van der Waals surface area (Å²) < 4.78 is 5.60. The molecule has 1 N–H and O–H groups in total. The zero-order valence-corrected chi connectivity index (χ0v) is 10.6. The average molecular weight is 220 g/mol. The van der Waals surface area contributed by atoms with Crippen LogP contribution in [0.1, 0.15) is 33.4 Å². The number of aryl methyl sites for hydroxylation is 1. The van der Waals surface area contributed by atoms with Gasteiger partial charge in [0.05, 0.1) is 11.2 Å². The first kappa shape index (κ1) is 13.2. The Morgan fingerprint density at radius 3 is 2.31 bits per heavy atom. The molecule has 0 aliphatic carbocycles. The number of pyridine rings is 1. The van der Waals surface area contributed by atoms with E-state index in [2.05, 4.69) is 4.98 Å². The van der Waals surface area contributed by atoms with Gasteiger partial charge in [-0.05, 0) is 46.1 Å². The maximum atomic E-state index is 9.91. The van der Waals surface area contributed by atoms with E-state index in [0.717, 1.165) is 11.2 Å². The summed E-state index contributed by atoms with van der Waals surface area (Å²) in [6.45, 7) is 9.10. The minimum absolute atomic E-state index is 0.641. The van der Waals surface area contributed by atoms with Crippen molar-refractivity contribution in [3.63, 3.8) is 0 Å². The number of hydrogen-bond acceptors (Lipinski definition) is 3. The van der Waals surface area contributed by atoms with Gasteiger partial charge in [0.2, 0.25) is 0 Å². The Morgan fingerprint density at radius 2 is 1.88 bits per heavy atom. The summed E-state index contributed by atoms with van der Waals surface area (Å²) in [6, 6.07) is 3.86. The topological polar surface area (TPSA) is 42.4 Å². The lowest BCUT2D eigenvalue weighted by Gasteiger charge is -2.37. The lowest BCUT2D eigenvalue weighted by atomic mass is 9.83. The third kappa shape index (κ3) is 3.32. The van der Waals surface area contributed by atoms with Crippen molar-refractivity contribution in [2.45, 2.75) is 45.8 Å². The van der Waals surface area contributed by atoms with Crippen molar-refractivity contribution < 1.29 is 9.76 Å². The van der Waals surface area contributed by atoms with E-state index < -0.39 is 11.2 Å². The molecular formula is C12H19BNO2. The number of nitrogens with zero attached hydrogens (tertiary/aromatic N) is 1. The second kappa shape index (κ2) is 4.56. The van der Waals surface area contributed by atoms with E-state index in [4.69, 9.17) is 4.65 Å². The molecule has 16 heavy (non-hydrogen) atoms. The van der Waals surface area contributed by atoms with Crippen molar-refractivity contribution >= 4 is 12.9 Å². The molecule has 1 aromatic rings. The summed E-state index contributed by atoms with van der Waals surface area (Å²) in [5.41, 5.74) is 0.321. The van der Waals surface area contributed by atoms with Gasteiger partial charge in [0.15, 0.2) is 0 Å². The third-order valence-corrected chi connectivity index (χ3v) is 2.90. The molecule has 87 valence electrons. The van der Waals surface area contributed by atoms with Crippen molar-refractivity contribution in [2.75, 3.05) is 0 Å². The van der Waals surface area contributed by atoms with E-state index in [9.17, 15) is 5.11 Å². The Bertz CT molecular complexity index is 341. The Balaban J connectivity index is 2.61. The lowest BCUT2D eigenvalue weighted by molar-refractivity contribution is -0.0893. The molecule has 0 saturated heterocycles. The Morgan fingerprint density at radius 1 is 1.25 bits per heavy atom. The molecule has 0 unspecified atom stereocenters. The van der Waals surface area contributed by atoms with E-state index in [0.29, 0.717) is 0 Å². The van der Waals surface area contributed by atoms with Crippen LogP contribution in [-0.2, 0) is 4.65 Å². The third-order valence-electron chi connectivity index (χ3n) is 2.90. The molecule has 0 aromatic carbocycles. The molecule has 0 aliphatic rings. The van der Waals surface area contributed by atoms with E-state index in [1.807, 2.05) is 32.9 Å². The molecule has 1 rings (SSSR count). The smallest absolute Gasteiger partial charge is 0.332 e. The maximum Gasteiger partial charge on any atom is 0.332 e. The molecule has 0 fully saturated rings. The highest BCUT2D eigenvalue weighted by molar-refractivity contribution is 6.46. The van der Waals surface area contributed by atoms with Crippen molar-refractivity contribution in [1.29, 1.82) is 0 Å². The fraction of sp³-hybridized carbons (Fsp3) is 0.583. The van der Waals surface area contributed by atoms with Gasteiger partial charge in [0, 0.05) is 11.9 Å². The second-order valence-corrected chi connectivity index (χ2v) is 5.04. The van der Waals surface area contributed by atoms with Crippen LogP contribution < -0.4 is 5.46 Å². The zero-order chi connectivity index (χ0) is 12.4. The standard InChI is InChI=1S/C12H19BNO2/c1-9-6-7-10(8-14-9)13-16-12(4,5)11(2,3)15/h6-8,15H,1-5H3. The molecule has 1 aromatic heterocycles. The summed E-state index contributed by atoms with van der Waals surface area (Å²) in [5, 5.41) is 9.91. The van der Waals surface area contributed by atoms with Gasteiger partial charge in [-0.1, -0.05) is 6.07 Å². The molecule has 1 heterocycles. The van der Waals surface area contributed by atoms with E-state index in [1.165, 1.54) is 0 Å². The normalized spacial score (nSPS) is 12.6. The van der Waals surface area contributed by atoms with Crippen LogP contribution >= 0.6 is 0 Å². The van der Waals surface area contributed by atoms with E-state index >= 15 is 0 Å². The Kier molecular flexibility index (Phi) is 3.76. The Hall–Kier alpha value is -0.865. The van der Waals surface area contributed by atoms with Crippen LogP contribution in [0.2, 0.25) is 0 Å². The Labute approximate surface area is 98.1 Å². The molecule has 1 radical (unpaired) electrons. The lowest BCUT2D eigenvalue weighted by Crippen LogP contribution is -2.49. The molecule has 0 aliphatic heterocycles. The van der Waals surface area contributed by atoms with Crippen LogP contribution in [0.25, 0.3) is 0 Å². The SMILES string of the molecule is Cc1ccc([B]OC(C)(C)C(C)(C)O)cn1. The van der Waals surface area contributed by atoms with Crippen molar-refractivity contribution in [1.82, 2.24) is 4.98 Å². The fourth-order valence-corrected chi connectivity index (χ4v) is 0.909. The summed E-state index contributed by atoms with van der Waals surface area (Å²) in [6.07, 6.45) is 1.75. The number of hydrogen-bond donors (Lipinski definition) is 1. The molecule has 4 heteroatoms. The first-order valence-corrected chi connectivity index (χ1v) is 5.38. The summed E-state index contributed by atoms with van der Waals surface area (Å²) in [5.74, 6) is 0. The number of rotatable bonds is 4. The van der Waals surface area contributed by atoms with Crippen LogP contribution in [0.4, 0.5) is 0 Å². The van der Waals surface area contributed by atoms with Gasteiger partial charge >= 0.3 is 7.48 Å². The van der Waals surface area contributed by atoms with Crippen molar-refractivity contribution in [3.05, 3.63) is 24.0 Å². The van der Waals surface area contributed by atoms with Crippen LogP contribution in [0.15, 0.2) is 18.3 Å². The largest absolute Gasteiger partial charge is 0.427 e. The molecule has 0 atom stereocenters. The van der Waals surface area contributed by atoms with Crippen LogP contribution in [0, 0.1) is 6.92 Å². The van der Waals surface area contributed by atoms with Gasteiger partial charge in [-0.3, -0.25) is 4.98 Å². The zero-order valence-electron chi connectivity index (χ0n) is 10.6. The number of aliphatic hydroxyl groups is 1. The van der Waals surface area contributed by atoms with E-state index in [1.54, 1.807) is 27.5 Å². The van der Waals surface area contributed by atoms with Gasteiger partial charge in [0.1, 0.15) is 0 Å². The predicted octanol–water partition coefficient (Wildman–Crippen LogP) is 1.20. The maximum absolute atomic E-state index is 9.91. The predicted molar refractivity (Wildman–Crippen MR) is 65.8 cm³/mol. The average Bonchev–Trinajstić information content (AvgIpc) is 2.15. The monoisotopic (exact) mass is 220 g/mol. The molecule has 0 bridgehead atoms. The van der Waals surface area contributed by atoms with Gasteiger partial charge in [-0.25, -0.2) is 0 Å². The van der Waals surface area contributed by atoms with Crippen LogP contribution in [0.3, 0.4) is 0 Å². The molecule has 3 nitrogen and oxygen atoms in total. The minimum Gasteiger partial charge on any atom is -0.427 e. The molecule has 0 saturated carbocycles. The highest BCUT2D eigenvalue weighted by Gasteiger charge is 2.35. The molecule has 0 amide bonds. The summed E-state index contributed by atoms with van der Waals surface area (Å²) >= 11 is 0. The number of aromatic nitrogens is 1. The van der Waals surface area contributed by atoms with Gasteiger partial charge in [-0.15, -0.1) is 0 Å². The van der Waals surface area contributed by atoms with Gasteiger partial charge in [-0.2, -0.15) is 0 Å². The first-order valence-electron chi connectivity index (χ1n) is 5.38. The van der Waals surface area contributed by atoms with Crippen molar-refractivity contribution in [3.8, 4) is 0 Å². The van der Waals surface area contributed by atoms with Crippen molar-refractivity contribution in [2.24, 2.45) is 0 Å². The highest BCUT2D eigenvalue weighted by Crippen LogP contribution is 2.24.